The van der Waals surface area contributed by atoms with Gasteiger partial charge in [-0.15, -0.1) is 0 Å². The molecule has 0 saturated heterocycles. The van der Waals surface area contributed by atoms with Crippen LogP contribution in [0, 0.1) is 13.8 Å². The highest BCUT2D eigenvalue weighted by Gasteiger charge is 2.14. The number of hydrogen-bond acceptors (Lipinski definition) is 1. The van der Waals surface area contributed by atoms with Crippen molar-refractivity contribution in [2.75, 3.05) is 0 Å². The molecule has 0 bridgehead atoms. The summed E-state index contributed by atoms with van der Waals surface area (Å²) in [6.07, 6.45) is -0.596. The molecule has 0 aliphatic heterocycles. The Morgan fingerprint density at radius 2 is 1.57 bits per heavy atom. The molecule has 3 aromatic carbocycles. The number of benzene rings is 3. The van der Waals surface area contributed by atoms with Gasteiger partial charge in [0.05, 0.1) is 0 Å². The van der Waals surface area contributed by atoms with E-state index >= 15 is 0 Å². The number of halogens is 1. The van der Waals surface area contributed by atoms with Gasteiger partial charge >= 0.3 is 0 Å². The highest BCUT2D eigenvalue weighted by molar-refractivity contribution is 9.10. The van der Waals surface area contributed by atoms with Crippen molar-refractivity contribution in [2.45, 2.75) is 20.0 Å². The van der Waals surface area contributed by atoms with Crippen molar-refractivity contribution in [2.24, 2.45) is 0 Å². The number of aryl methyl sites for hydroxylation is 2. The van der Waals surface area contributed by atoms with E-state index in [0.717, 1.165) is 32.1 Å². The fourth-order valence-electron chi connectivity index (χ4n) is 2.66. The van der Waals surface area contributed by atoms with E-state index in [9.17, 15) is 5.11 Å². The van der Waals surface area contributed by atoms with Crippen molar-refractivity contribution in [3.05, 3.63) is 81.3 Å². The molecule has 1 atom stereocenters. The molecule has 0 fully saturated rings. The zero-order chi connectivity index (χ0) is 15.0. The van der Waals surface area contributed by atoms with Gasteiger partial charge in [-0.25, -0.2) is 0 Å². The molecule has 0 saturated carbocycles. The molecule has 0 amide bonds. The first-order valence-electron chi connectivity index (χ1n) is 6.99. The molecule has 106 valence electrons. The number of aliphatic hydroxyl groups is 1. The van der Waals surface area contributed by atoms with E-state index < -0.39 is 6.10 Å². The Labute approximate surface area is 133 Å². The molecule has 3 aromatic rings. The average molecular weight is 341 g/mol. The van der Waals surface area contributed by atoms with Crippen molar-refractivity contribution in [1.82, 2.24) is 0 Å². The minimum absolute atomic E-state index is 0.596. The molecule has 1 N–H and O–H groups in total. The highest BCUT2D eigenvalue weighted by atomic mass is 79.9. The molecule has 3 rings (SSSR count). The quantitative estimate of drug-likeness (QED) is 0.670. The fraction of sp³-hybridized carbons (Fsp3) is 0.158. The lowest BCUT2D eigenvalue weighted by atomic mass is 9.94. The molecule has 0 aromatic heterocycles. The lowest BCUT2D eigenvalue weighted by Crippen LogP contribution is -2.03. The average Bonchev–Trinajstić information content (AvgIpc) is 2.50. The van der Waals surface area contributed by atoms with Crippen LogP contribution in [0.1, 0.15) is 28.4 Å². The van der Waals surface area contributed by atoms with Crippen LogP contribution in [0.5, 0.6) is 0 Å². The van der Waals surface area contributed by atoms with Gasteiger partial charge in [0.1, 0.15) is 6.10 Å². The summed E-state index contributed by atoms with van der Waals surface area (Å²) < 4.78 is 1.08. The number of hydrogen-bond donors (Lipinski definition) is 1. The molecule has 0 radical (unpaired) electrons. The molecule has 2 heteroatoms. The third-order valence-electron chi connectivity index (χ3n) is 3.93. The summed E-state index contributed by atoms with van der Waals surface area (Å²) in [5, 5.41) is 13.1. The van der Waals surface area contributed by atoms with Crippen LogP contribution in [-0.2, 0) is 0 Å². The van der Waals surface area contributed by atoms with Gasteiger partial charge in [0, 0.05) is 4.47 Å². The van der Waals surface area contributed by atoms with Crippen LogP contribution >= 0.6 is 15.9 Å². The Hall–Kier alpha value is -1.64. The maximum absolute atomic E-state index is 10.7. The van der Waals surface area contributed by atoms with Gasteiger partial charge in [-0.2, -0.15) is 0 Å². The molecule has 0 aliphatic rings. The Morgan fingerprint density at radius 3 is 2.33 bits per heavy atom. The van der Waals surface area contributed by atoms with Crippen molar-refractivity contribution >= 4 is 26.7 Å². The molecule has 0 heterocycles. The predicted molar refractivity (Wildman–Crippen MR) is 91.6 cm³/mol. The molecule has 1 nitrogen and oxygen atoms in total. The van der Waals surface area contributed by atoms with E-state index in [4.69, 9.17) is 0 Å². The van der Waals surface area contributed by atoms with Gasteiger partial charge in [-0.05, 0) is 59.0 Å². The second-order valence-electron chi connectivity index (χ2n) is 5.47. The van der Waals surface area contributed by atoms with Crippen LogP contribution in [0.2, 0.25) is 0 Å². The lowest BCUT2D eigenvalue weighted by molar-refractivity contribution is 0.219. The van der Waals surface area contributed by atoms with Crippen molar-refractivity contribution in [3.63, 3.8) is 0 Å². The van der Waals surface area contributed by atoms with E-state index in [1.165, 1.54) is 5.39 Å². The van der Waals surface area contributed by atoms with Crippen LogP contribution in [0.3, 0.4) is 0 Å². The fourth-order valence-corrected chi connectivity index (χ4v) is 3.11. The topological polar surface area (TPSA) is 20.2 Å². The third kappa shape index (κ3) is 2.74. The van der Waals surface area contributed by atoms with Crippen molar-refractivity contribution < 1.29 is 5.11 Å². The van der Waals surface area contributed by atoms with Gasteiger partial charge in [-0.3, -0.25) is 0 Å². The summed E-state index contributed by atoms with van der Waals surface area (Å²) in [5.41, 5.74) is 4.12. The van der Waals surface area contributed by atoms with Gasteiger partial charge in [0.2, 0.25) is 0 Å². The van der Waals surface area contributed by atoms with E-state index in [-0.39, 0.29) is 0 Å². The van der Waals surface area contributed by atoms with Crippen LogP contribution < -0.4 is 0 Å². The Balaban J connectivity index is 2.07. The van der Waals surface area contributed by atoms with E-state index in [1.807, 2.05) is 32.0 Å². The summed E-state index contributed by atoms with van der Waals surface area (Å²) in [4.78, 5) is 0. The molecule has 0 aliphatic carbocycles. The van der Waals surface area contributed by atoms with Crippen molar-refractivity contribution in [1.29, 1.82) is 0 Å². The van der Waals surface area contributed by atoms with Crippen LogP contribution in [0.25, 0.3) is 10.8 Å². The summed E-state index contributed by atoms with van der Waals surface area (Å²) in [6, 6.07) is 18.5. The predicted octanol–water partition coefficient (Wildman–Crippen LogP) is 5.30. The monoisotopic (exact) mass is 340 g/mol. The van der Waals surface area contributed by atoms with Crippen LogP contribution in [0.15, 0.2) is 59.1 Å². The summed E-state index contributed by atoms with van der Waals surface area (Å²) in [5.74, 6) is 0. The first kappa shape index (κ1) is 14.3. The first-order valence-corrected chi connectivity index (χ1v) is 7.79. The smallest absolute Gasteiger partial charge is 0.104 e. The number of aliphatic hydroxyl groups excluding tert-OH is 1. The minimum Gasteiger partial charge on any atom is -0.384 e. The van der Waals surface area contributed by atoms with Crippen molar-refractivity contribution in [3.8, 4) is 0 Å². The number of rotatable bonds is 2. The first-order chi connectivity index (χ1) is 10.1. The standard InChI is InChI=1S/C19H17BrO/c1-12-10-18(20)13(2)9-17(12)19(21)16-8-7-14-5-3-4-6-15(14)11-16/h3-11,19,21H,1-2H3. The maximum Gasteiger partial charge on any atom is 0.104 e. The van der Waals surface area contributed by atoms with Gasteiger partial charge < -0.3 is 5.11 Å². The second kappa shape index (κ2) is 5.63. The summed E-state index contributed by atoms with van der Waals surface area (Å²) >= 11 is 3.54. The molecule has 1 unspecified atom stereocenters. The minimum atomic E-state index is -0.596. The lowest BCUT2D eigenvalue weighted by Gasteiger charge is -2.16. The zero-order valence-corrected chi connectivity index (χ0v) is 13.7. The van der Waals surface area contributed by atoms with Gasteiger partial charge in [0.25, 0.3) is 0 Å². The molecule has 0 spiro atoms. The van der Waals surface area contributed by atoms with E-state index in [0.29, 0.717) is 0 Å². The normalized spacial score (nSPS) is 12.6. The zero-order valence-electron chi connectivity index (χ0n) is 12.1. The van der Waals surface area contributed by atoms with Gasteiger partial charge in [-0.1, -0.05) is 58.4 Å². The highest BCUT2D eigenvalue weighted by Crippen LogP contribution is 2.30. The van der Waals surface area contributed by atoms with Crippen LogP contribution in [0.4, 0.5) is 0 Å². The molecular formula is C19H17BrO. The summed E-state index contributed by atoms with van der Waals surface area (Å²) in [6.45, 7) is 4.07. The maximum atomic E-state index is 10.7. The van der Waals surface area contributed by atoms with E-state index in [1.54, 1.807) is 0 Å². The van der Waals surface area contributed by atoms with Crippen LogP contribution in [-0.4, -0.2) is 5.11 Å². The summed E-state index contributed by atoms with van der Waals surface area (Å²) in [7, 11) is 0. The Bertz CT molecular complexity index is 808. The number of fused-ring (bicyclic) bond motifs is 1. The molecular weight excluding hydrogens is 324 g/mol. The second-order valence-corrected chi connectivity index (χ2v) is 6.32. The SMILES string of the molecule is Cc1cc(C(O)c2ccc3ccccc3c2)c(C)cc1Br. The third-order valence-corrected chi connectivity index (χ3v) is 4.79. The van der Waals surface area contributed by atoms with Gasteiger partial charge in [0.15, 0.2) is 0 Å². The Kier molecular flexibility index (Phi) is 3.83. The largest absolute Gasteiger partial charge is 0.384 e. The Morgan fingerprint density at radius 1 is 0.857 bits per heavy atom. The van der Waals surface area contributed by atoms with E-state index in [2.05, 4.69) is 52.3 Å². The molecule has 21 heavy (non-hydrogen) atoms.